The van der Waals surface area contributed by atoms with Gasteiger partial charge in [0.25, 0.3) is 0 Å². The summed E-state index contributed by atoms with van der Waals surface area (Å²) in [6.07, 6.45) is -2.34. The molecule has 0 spiro atoms. The molecule has 2 amide bonds. The van der Waals surface area contributed by atoms with Crippen LogP contribution in [0.2, 0.25) is 0 Å². The van der Waals surface area contributed by atoms with Crippen molar-refractivity contribution in [2.75, 3.05) is 11.1 Å². The molecule has 1 unspecified atom stereocenters. The fourth-order valence-corrected chi connectivity index (χ4v) is 5.72. The molecule has 15 heteroatoms. The monoisotopic (exact) mass is 575 g/mol. The standard InChI is InChI=1S/C26H22F5N7O3/c1-11-5-13(26(29,30)31)8-14-20-22(32)33-10-34-23(20)37(21(11)14)9-19(39)38-15-6-12(15)7-16(38)24(40)36-17-3-2-4-18(35-17)41-25(27)28/h2-5,8,10,12,15-16,25H,6-7,9H2,1H3,(H2,32,33,34)(H,35,36,40)/t12?,15-,16+/m1/s1. The second-order valence-corrected chi connectivity index (χ2v) is 10.1. The van der Waals surface area contributed by atoms with Crippen LogP contribution in [0.25, 0.3) is 21.9 Å². The van der Waals surface area contributed by atoms with Crippen molar-refractivity contribution in [1.29, 1.82) is 0 Å². The maximum atomic E-state index is 13.8. The molecule has 1 saturated heterocycles. The summed E-state index contributed by atoms with van der Waals surface area (Å²) in [4.78, 5) is 40.4. The normalized spacial score (nSPS) is 20.1. The predicted molar refractivity (Wildman–Crippen MR) is 136 cm³/mol. The van der Waals surface area contributed by atoms with E-state index in [4.69, 9.17) is 5.73 Å². The number of nitrogen functional groups attached to an aromatic ring is 1. The number of carbonyl (C=O) groups excluding carboxylic acids is 2. The Kier molecular flexibility index (Phi) is 6.19. The van der Waals surface area contributed by atoms with Gasteiger partial charge in [0.05, 0.1) is 16.5 Å². The van der Waals surface area contributed by atoms with Gasteiger partial charge in [0.2, 0.25) is 17.7 Å². The molecule has 4 heterocycles. The molecule has 2 fully saturated rings. The van der Waals surface area contributed by atoms with Crippen LogP contribution in [-0.2, 0) is 22.3 Å². The van der Waals surface area contributed by atoms with Crippen molar-refractivity contribution in [3.8, 4) is 5.88 Å². The number of hydrogen-bond acceptors (Lipinski definition) is 7. The summed E-state index contributed by atoms with van der Waals surface area (Å²) in [7, 11) is 0. The van der Waals surface area contributed by atoms with Gasteiger partial charge in [0, 0.05) is 17.5 Å². The summed E-state index contributed by atoms with van der Waals surface area (Å²) < 4.78 is 71.7. The lowest BCUT2D eigenvalue weighted by atomic mass is 10.1. The fourth-order valence-electron chi connectivity index (χ4n) is 5.72. The number of aryl methyl sites for hydroxylation is 1. The Bertz CT molecular complexity index is 1710. The zero-order chi connectivity index (χ0) is 29.2. The van der Waals surface area contributed by atoms with E-state index in [1.165, 1.54) is 40.9 Å². The van der Waals surface area contributed by atoms with E-state index in [1.807, 2.05) is 0 Å². The number of pyridine rings is 1. The van der Waals surface area contributed by atoms with Crippen molar-refractivity contribution < 1.29 is 36.3 Å². The predicted octanol–water partition coefficient (Wildman–Crippen LogP) is 4.12. The second-order valence-electron chi connectivity index (χ2n) is 10.1. The third-order valence-corrected chi connectivity index (χ3v) is 7.45. The number of nitrogens with zero attached hydrogens (tertiary/aromatic N) is 5. The molecule has 2 aliphatic rings. The lowest BCUT2D eigenvalue weighted by Gasteiger charge is -2.27. The number of benzene rings is 1. The van der Waals surface area contributed by atoms with Crippen molar-refractivity contribution >= 4 is 45.4 Å². The highest BCUT2D eigenvalue weighted by atomic mass is 19.4. The van der Waals surface area contributed by atoms with E-state index >= 15 is 0 Å². The van der Waals surface area contributed by atoms with Crippen molar-refractivity contribution in [1.82, 2.24) is 24.4 Å². The van der Waals surface area contributed by atoms with E-state index in [1.54, 1.807) is 0 Å². The maximum absolute atomic E-state index is 13.8. The molecule has 1 aliphatic carbocycles. The molecule has 1 aliphatic heterocycles. The van der Waals surface area contributed by atoms with Crippen LogP contribution in [0.5, 0.6) is 5.88 Å². The van der Waals surface area contributed by atoms with Crippen LogP contribution >= 0.6 is 0 Å². The summed E-state index contributed by atoms with van der Waals surface area (Å²) in [5.41, 5.74) is 5.98. The third kappa shape index (κ3) is 4.74. The first-order valence-electron chi connectivity index (χ1n) is 12.6. The van der Waals surface area contributed by atoms with E-state index in [2.05, 4.69) is 25.0 Å². The van der Waals surface area contributed by atoms with Gasteiger partial charge in [-0.3, -0.25) is 9.59 Å². The topological polar surface area (TPSA) is 128 Å². The molecule has 4 aromatic rings. The number of anilines is 2. The molecule has 3 aromatic heterocycles. The Labute approximate surface area is 228 Å². The van der Waals surface area contributed by atoms with Crippen LogP contribution in [-0.4, -0.2) is 54.9 Å². The van der Waals surface area contributed by atoms with E-state index in [9.17, 15) is 31.5 Å². The van der Waals surface area contributed by atoms with Crippen LogP contribution in [0.15, 0.2) is 36.7 Å². The van der Waals surface area contributed by atoms with Gasteiger partial charge < -0.3 is 25.3 Å². The number of fused-ring (bicyclic) bond motifs is 4. The van der Waals surface area contributed by atoms with Crippen molar-refractivity contribution in [2.24, 2.45) is 5.92 Å². The number of nitrogens with two attached hydrogens (primary N) is 1. The fraction of sp³-hybridized carbons (Fsp3) is 0.346. The van der Waals surface area contributed by atoms with Gasteiger partial charge in [-0.05, 0) is 49.4 Å². The maximum Gasteiger partial charge on any atom is 0.416 e. The van der Waals surface area contributed by atoms with Crippen molar-refractivity contribution in [2.45, 2.75) is 51.2 Å². The molecule has 10 nitrogen and oxygen atoms in total. The SMILES string of the molecule is Cc1cc(C(F)(F)F)cc2c3c(N)ncnc3n(CC(=O)N3[C@@H]4CC4C[C@H]3C(=O)Nc3cccc(OC(F)F)n3)c12. The Morgan fingerprint density at radius 2 is 1.98 bits per heavy atom. The summed E-state index contributed by atoms with van der Waals surface area (Å²) in [5.74, 6) is -1.30. The first-order valence-corrected chi connectivity index (χ1v) is 12.6. The van der Waals surface area contributed by atoms with E-state index in [0.717, 1.165) is 12.1 Å². The molecular weight excluding hydrogens is 553 g/mol. The zero-order valence-corrected chi connectivity index (χ0v) is 21.3. The number of amides is 2. The minimum absolute atomic E-state index is 0.0215. The second kappa shape index (κ2) is 9.52. The molecule has 3 N–H and O–H groups in total. The van der Waals surface area contributed by atoms with Crippen LogP contribution in [0, 0.1) is 12.8 Å². The van der Waals surface area contributed by atoms with Gasteiger partial charge in [0.15, 0.2) is 0 Å². The first kappa shape index (κ1) is 26.7. The summed E-state index contributed by atoms with van der Waals surface area (Å²) in [5, 5.41) is 2.92. The highest BCUT2D eigenvalue weighted by molar-refractivity contribution is 6.13. The Balaban J connectivity index is 1.32. The third-order valence-electron chi connectivity index (χ3n) is 7.45. The molecular formula is C26H22F5N7O3. The van der Waals surface area contributed by atoms with Gasteiger partial charge in [-0.25, -0.2) is 9.97 Å². The van der Waals surface area contributed by atoms with Crippen LogP contribution in [0.4, 0.5) is 33.6 Å². The average molecular weight is 575 g/mol. The molecule has 0 bridgehead atoms. The molecule has 3 atom stereocenters. The van der Waals surface area contributed by atoms with Gasteiger partial charge in [-0.15, -0.1) is 0 Å². The number of alkyl halides is 5. The number of halogens is 5. The Morgan fingerprint density at radius 3 is 2.71 bits per heavy atom. The molecule has 1 saturated carbocycles. The zero-order valence-electron chi connectivity index (χ0n) is 21.3. The minimum Gasteiger partial charge on any atom is -0.417 e. The molecule has 0 radical (unpaired) electrons. The number of rotatable bonds is 6. The number of nitrogens with one attached hydrogen (secondary N) is 1. The van der Waals surface area contributed by atoms with E-state index in [-0.39, 0.29) is 58.0 Å². The average Bonchev–Trinajstić information content (AvgIpc) is 3.42. The summed E-state index contributed by atoms with van der Waals surface area (Å²) in [6.45, 7) is -1.90. The smallest absolute Gasteiger partial charge is 0.416 e. The Morgan fingerprint density at radius 1 is 1.20 bits per heavy atom. The lowest BCUT2D eigenvalue weighted by Crippen LogP contribution is -2.46. The van der Waals surface area contributed by atoms with Crippen LogP contribution in [0.1, 0.15) is 24.0 Å². The Hall–Kier alpha value is -4.56. The molecule has 41 heavy (non-hydrogen) atoms. The van der Waals surface area contributed by atoms with Gasteiger partial charge in [-0.2, -0.15) is 26.9 Å². The minimum atomic E-state index is -4.61. The van der Waals surface area contributed by atoms with Crippen LogP contribution in [0.3, 0.4) is 0 Å². The number of hydrogen-bond donors (Lipinski definition) is 2. The number of piperidine rings is 1. The summed E-state index contributed by atoms with van der Waals surface area (Å²) >= 11 is 0. The van der Waals surface area contributed by atoms with Gasteiger partial charge >= 0.3 is 12.8 Å². The molecule has 1 aromatic carbocycles. The van der Waals surface area contributed by atoms with E-state index in [0.29, 0.717) is 18.4 Å². The van der Waals surface area contributed by atoms with E-state index < -0.39 is 36.2 Å². The summed E-state index contributed by atoms with van der Waals surface area (Å²) in [6, 6.07) is 4.92. The quantitative estimate of drug-likeness (QED) is 0.331. The number of ether oxygens (including phenoxy) is 1. The number of carbonyl (C=O) groups is 2. The number of likely N-dealkylation sites (tertiary alicyclic amines) is 1. The van der Waals surface area contributed by atoms with Gasteiger partial charge in [-0.1, -0.05) is 6.07 Å². The largest absolute Gasteiger partial charge is 0.417 e. The highest BCUT2D eigenvalue weighted by Gasteiger charge is 2.56. The van der Waals surface area contributed by atoms with Gasteiger partial charge in [0.1, 0.15) is 36.2 Å². The molecule has 6 rings (SSSR count). The molecule has 214 valence electrons. The lowest BCUT2D eigenvalue weighted by molar-refractivity contribution is -0.138. The van der Waals surface area contributed by atoms with Crippen molar-refractivity contribution in [3.05, 3.63) is 47.8 Å². The first-order chi connectivity index (χ1) is 19.4. The highest BCUT2D eigenvalue weighted by Crippen LogP contribution is 2.48. The van der Waals surface area contributed by atoms with Crippen molar-refractivity contribution in [3.63, 3.8) is 0 Å². The number of aromatic nitrogens is 4. The van der Waals surface area contributed by atoms with Crippen LogP contribution < -0.4 is 15.8 Å².